The van der Waals surface area contributed by atoms with Gasteiger partial charge in [-0.3, -0.25) is 5.10 Å². The Balaban J connectivity index is 1.75. The third-order valence-corrected chi connectivity index (χ3v) is 4.05. The molecule has 114 valence electrons. The molecule has 0 spiro atoms. The van der Waals surface area contributed by atoms with E-state index in [0.29, 0.717) is 12.2 Å². The fraction of sp³-hybridized carbons (Fsp3) is 0.133. The predicted molar refractivity (Wildman–Crippen MR) is 80.7 cm³/mol. The molecule has 7 heteroatoms. The van der Waals surface area contributed by atoms with Gasteiger partial charge in [-0.1, -0.05) is 12.1 Å². The third kappa shape index (κ3) is 3.14. The lowest BCUT2D eigenvalue weighted by molar-refractivity contribution is -0.137. The molecule has 2 heterocycles. The molecule has 1 aromatic carbocycles. The minimum absolute atomic E-state index is 0.394. The Morgan fingerprint density at radius 3 is 2.77 bits per heavy atom. The number of hydrogen-bond acceptors (Lipinski definition) is 3. The molecule has 0 saturated heterocycles. The lowest BCUT2D eigenvalue weighted by Crippen LogP contribution is -2.06. The highest BCUT2D eigenvalue weighted by Crippen LogP contribution is 2.31. The smallest absolute Gasteiger partial charge is 0.381 e. The molecule has 2 aromatic heterocycles. The summed E-state index contributed by atoms with van der Waals surface area (Å²) in [5, 5.41) is 11.9. The summed E-state index contributed by atoms with van der Waals surface area (Å²) in [6.07, 6.45) is -2.66. The molecule has 3 rings (SSSR count). The number of benzene rings is 1. The van der Waals surface area contributed by atoms with E-state index in [0.717, 1.165) is 28.3 Å². The van der Waals surface area contributed by atoms with Crippen molar-refractivity contribution in [1.82, 2.24) is 10.2 Å². The maximum absolute atomic E-state index is 12.7. The molecule has 0 radical (unpaired) electrons. The zero-order chi connectivity index (χ0) is 15.6. The molecule has 0 saturated carbocycles. The first-order valence-corrected chi connectivity index (χ1v) is 7.39. The van der Waals surface area contributed by atoms with E-state index in [-0.39, 0.29) is 0 Å². The van der Waals surface area contributed by atoms with Crippen LogP contribution < -0.4 is 5.32 Å². The number of aromatic nitrogens is 2. The van der Waals surface area contributed by atoms with Gasteiger partial charge in [0, 0.05) is 17.8 Å². The van der Waals surface area contributed by atoms with Crippen molar-refractivity contribution in [3.8, 4) is 10.6 Å². The zero-order valence-electron chi connectivity index (χ0n) is 11.3. The van der Waals surface area contributed by atoms with Crippen molar-refractivity contribution in [2.45, 2.75) is 12.7 Å². The maximum atomic E-state index is 12.7. The fourth-order valence-electron chi connectivity index (χ4n) is 2.08. The van der Waals surface area contributed by atoms with Crippen molar-refractivity contribution < 1.29 is 13.2 Å². The second-order valence-corrected chi connectivity index (χ2v) is 5.63. The zero-order valence-corrected chi connectivity index (χ0v) is 12.1. The van der Waals surface area contributed by atoms with Gasteiger partial charge in [0.2, 0.25) is 0 Å². The topological polar surface area (TPSA) is 40.7 Å². The summed E-state index contributed by atoms with van der Waals surface area (Å²) < 4.78 is 38.1. The Morgan fingerprint density at radius 1 is 1.18 bits per heavy atom. The number of hydrogen-bond donors (Lipinski definition) is 2. The van der Waals surface area contributed by atoms with Gasteiger partial charge in [0.25, 0.3) is 0 Å². The van der Waals surface area contributed by atoms with Crippen molar-refractivity contribution in [2.75, 3.05) is 5.32 Å². The number of nitrogens with one attached hydrogen (secondary N) is 2. The standard InChI is InChI=1S/C15H12F3N3S/c16-15(17,18)11-3-1-4-12(7-11)19-8-10-9-20-21-14(10)13-5-2-6-22-13/h1-7,9,19H,8H2,(H,20,21). The van der Waals surface area contributed by atoms with E-state index in [2.05, 4.69) is 15.5 Å². The van der Waals surface area contributed by atoms with Crippen LogP contribution in [0.5, 0.6) is 0 Å². The molecular weight excluding hydrogens is 311 g/mol. The molecule has 0 aliphatic heterocycles. The van der Waals surface area contributed by atoms with Crippen LogP contribution in [0.3, 0.4) is 0 Å². The molecule has 0 bridgehead atoms. The fourth-order valence-corrected chi connectivity index (χ4v) is 2.84. The number of halogens is 3. The number of aromatic amines is 1. The van der Waals surface area contributed by atoms with E-state index >= 15 is 0 Å². The van der Waals surface area contributed by atoms with E-state index in [4.69, 9.17) is 0 Å². The van der Waals surface area contributed by atoms with Gasteiger partial charge in [0.05, 0.1) is 22.3 Å². The van der Waals surface area contributed by atoms with Crippen LogP contribution in [-0.2, 0) is 12.7 Å². The first-order valence-electron chi connectivity index (χ1n) is 6.51. The van der Waals surface area contributed by atoms with Crippen LogP contribution in [0.25, 0.3) is 10.6 Å². The van der Waals surface area contributed by atoms with Gasteiger partial charge in [-0.05, 0) is 29.6 Å². The second kappa shape index (κ2) is 5.84. The number of rotatable bonds is 4. The monoisotopic (exact) mass is 323 g/mol. The quantitative estimate of drug-likeness (QED) is 0.726. The second-order valence-electron chi connectivity index (χ2n) is 4.68. The van der Waals surface area contributed by atoms with Gasteiger partial charge in [-0.25, -0.2) is 0 Å². The molecular formula is C15H12F3N3S. The maximum Gasteiger partial charge on any atom is 0.416 e. The first kappa shape index (κ1) is 14.6. The molecule has 0 aliphatic rings. The number of anilines is 1. The molecule has 22 heavy (non-hydrogen) atoms. The van der Waals surface area contributed by atoms with Crippen LogP contribution in [0.15, 0.2) is 48.0 Å². The highest BCUT2D eigenvalue weighted by atomic mass is 32.1. The van der Waals surface area contributed by atoms with Gasteiger partial charge < -0.3 is 5.32 Å². The number of thiophene rings is 1. The first-order chi connectivity index (χ1) is 10.5. The van der Waals surface area contributed by atoms with Gasteiger partial charge in [0.15, 0.2) is 0 Å². The molecule has 3 nitrogen and oxygen atoms in total. The highest BCUT2D eigenvalue weighted by Gasteiger charge is 2.30. The van der Waals surface area contributed by atoms with Crippen molar-refractivity contribution in [2.24, 2.45) is 0 Å². The summed E-state index contributed by atoms with van der Waals surface area (Å²) in [5.41, 5.74) is 1.55. The van der Waals surface area contributed by atoms with E-state index in [9.17, 15) is 13.2 Å². The van der Waals surface area contributed by atoms with Gasteiger partial charge >= 0.3 is 6.18 Å². The van der Waals surface area contributed by atoms with E-state index in [1.807, 2.05) is 17.5 Å². The SMILES string of the molecule is FC(F)(F)c1cccc(NCc2cn[nH]c2-c2cccs2)c1. The molecule has 0 fully saturated rings. The van der Waals surface area contributed by atoms with E-state index in [1.165, 1.54) is 6.07 Å². The number of nitrogens with zero attached hydrogens (tertiary/aromatic N) is 1. The summed E-state index contributed by atoms with van der Waals surface area (Å²) in [6, 6.07) is 9.06. The Morgan fingerprint density at radius 2 is 2.05 bits per heavy atom. The van der Waals surface area contributed by atoms with Gasteiger partial charge in [0.1, 0.15) is 0 Å². The Bertz CT molecular complexity index is 747. The molecule has 0 amide bonds. The van der Waals surface area contributed by atoms with Crippen molar-refractivity contribution >= 4 is 17.0 Å². The summed E-state index contributed by atoms with van der Waals surface area (Å²) in [7, 11) is 0. The van der Waals surface area contributed by atoms with Gasteiger partial charge in [-0.2, -0.15) is 18.3 Å². The molecule has 3 aromatic rings. The average Bonchev–Trinajstić information content (AvgIpc) is 3.15. The Kier molecular flexibility index (Phi) is 3.89. The Labute approximate surface area is 128 Å². The Hall–Kier alpha value is -2.28. The third-order valence-electron chi connectivity index (χ3n) is 3.16. The minimum atomic E-state index is -4.34. The molecule has 0 unspecified atom stereocenters. The highest BCUT2D eigenvalue weighted by molar-refractivity contribution is 7.13. The van der Waals surface area contributed by atoms with Crippen molar-refractivity contribution in [3.05, 3.63) is 59.1 Å². The van der Waals surface area contributed by atoms with Crippen LogP contribution >= 0.6 is 11.3 Å². The molecule has 0 atom stereocenters. The van der Waals surface area contributed by atoms with E-state index < -0.39 is 11.7 Å². The van der Waals surface area contributed by atoms with Crippen LogP contribution in [0.4, 0.5) is 18.9 Å². The van der Waals surface area contributed by atoms with Crippen molar-refractivity contribution in [1.29, 1.82) is 0 Å². The largest absolute Gasteiger partial charge is 0.416 e. The molecule has 0 aliphatic carbocycles. The van der Waals surface area contributed by atoms with E-state index in [1.54, 1.807) is 23.6 Å². The van der Waals surface area contributed by atoms with Crippen LogP contribution in [0.1, 0.15) is 11.1 Å². The summed E-state index contributed by atoms with van der Waals surface area (Å²) >= 11 is 1.57. The molecule has 2 N–H and O–H groups in total. The summed E-state index contributed by atoms with van der Waals surface area (Å²) in [6.45, 7) is 0.394. The summed E-state index contributed by atoms with van der Waals surface area (Å²) in [4.78, 5) is 1.04. The summed E-state index contributed by atoms with van der Waals surface area (Å²) in [5.74, 6) is 0. The van der Waals surface area contributed by atoms with Crippen molar-refractivity contribution in [3.63, 3.8) is 0 Å². The lowest BCUT2D eigenvalue weighted by atomic mass is 10.1. The number of alkyl halides is 3. The predicted octanol–water partition coefficient (Wildman–Crippen LogP) is 4.77. The van der Waals surface area contributed by atoms with Gasteiger partial charge in [-0.15, -0.1) is 11.3 Å². The average molecular weight is 323 g/mol. The normalized spacial score (nSPS) is 11.6. The number of H-pyrrole nitrogens is 1. The van der Waals surface area contributed by atoms with Crippen LogP contribution in [0, 0.1) is 0 Å². The van der Waals surface area contributed by atoms with Crippen LogP contribution in [-0.4, -0.2) is 10.2 Å². The minimum Gasteiger partial charge on any atom is -0.381 e. The van der Waals surface area contributed by atoms with Crippen LogP contribution in [0.2, 0.25) is 0 Å². The lowest BCUT2D eigenvalue weighted by Gasteiger charge is -2.10.